The minimum Gasteiger partial charge on any atom is -0.491 e. The molecule has 1 aromatic rings. The summed E-state index contributed by atoms with van der Waals surface area (Å²) in [6.07, 6.45) is 2.14. The second kappa shape index (κ2) is 9.34. The standard InChI is InChI=1S/C21H34N2O4/c1-21(26-3)15-23(16-21)13-18(24)14-27-20-6-4-17(5-7-20)12-22-10-8-19(25-2)9-11-22/h4-7,18-19,24H,8-16H2,1-3H3. The first kappa shape index (κ1) is 20.6. The van der Waals surface area contributed by atoms with Gasteiger partial charge < -0.3 is 19.3 Å². The van der Waals surface area contributed by atoms with Gasteiger partial charge in [-0.15, -0.1) is 0 Å². The van der Waals surface area contributed by atoms with E-state index in [2.05, 4.69) is 28.9 Å². The lowest BCUT2D eigenvalue weighted by Crippen LogP contribution is -2.62. The van der Waals surface area contributed by atoms with Gasteiger partial charge in [0.15, 0.2) is 0 Å². The lowest BCUT2D eigenvalue weighted by atomic mass is 9.96. The van der Waals surface area contributed by atoms with Crippen molar-refractivity contribution in [1.82, 2.24) is 9.80 Å². The van der Waals surface area contributed by atoms with E-state index in [-0.39, 0.29) is 5.60 Å². The number of methoxy groups -OCH3 is 2. The highest BCUT2D eigenvalue weighted by Gasteiger charge is 2.39. The molecule has 0 aliphatic carbocycles. The van der Waals surface area contributed by atoms with E-state index >= 15 is 0 Å². The van der Waals surface area contributed by atoms with Crippen LogP contribution in [0.3, 0.4) is 0 Å². The van der Waals surface area contributed by atoms with Crippen LogP contribution >= 0.6 is 0 Å². The topological polar surface area (TPSA) is 54.4 Å². The molecular weight excluding hydrogens is 344 g/mol. The molecule has 1 N–H and O–H groups in total. The Morgan fingerprint density at radius 1 is 1.11 bits per heavy atom. The zero-order valence-electron chi connectivity index (χ0n) is 16.9. The monoisotopic (exact) mass is 378 g/mol. The number of ether oxygens (including phenoxy) is 3. The molecule has 1 aromatic carbocycles. The van der Waals surface area contributed by atoms with E-state index in [4.69, 9.17) is 14.2 Å². The predicted octanol–water partition coefficient (Wildman–Crippen LogP) is 1.76. The van der Waals surface area contributed by atoms with Crippen LogP contribution < -0.4 is 4.74 Å². The van der Waals surface area contributed by atoms with Crippen LogP contribution in [0, 0.1) is 0 Å². The fraction of sp³-hybridized carbons (Fsp3) is 0.714. The highest BCUT2D eigenvalue weighted by molar-refractivity contribution is 5.27. The van der Waals surface area contributed by atoms with Crippen molar-refractivity contribution < 1.29 is 19.3 Å². The second-order valence-corrected chi connectivity index (χ2v) is 8.14. The van der Waals surface area contributed by atoms with Crippen molar-refractivity contribution in [3.63, 3.8) is 0 Å². The highest BCUT2D eigenvalue weighted by atomic mass is 16.5. The lowest BCUT2D eigenvalue weighted by Gasteiger charge is -2.47. The van der Waals surface area contributed by atoms with E-state index in [9.17, 15) is 5.11 Å². The molecule has 27 heavy (non-hydrogen) atoms. The van der Waals surface area contributed by atoms with E-state index in [1.807, 2.05) is 12.1 Å². The van der Waals surface area contributed by atoms with Gasteiger partial charge >= 0.3 is 0 Å². The van der Waals surface area contributed by atoms with Crippen molar-refractivity contribution in [2.24, 2.45) is 0 Å². The van der Waals surface area contributed by atoms with Gasteiger partial charge in [0.2, 0.25) is 0 Å². The molecule has 2 aliphatic heterocycles. The van der Waals surface area contributed by atoms with Gasteiger partial charge in [-0.3, -0.25) is 9.80 Å². The van der Waals surface area contributed by atoms with Crippen LogP contribution in [0.5, 0.6) is 5.75 Å². The molecule has 1 unspecified atom stereocenters. The molecule has 0 bridgehead atoms. The average Bonchev–Trinajstić information content (AvgIpc) is 2.66. The smallest absolute Gasteiger partial charge is 0.119 e. The van der Waals surface area contributed by atoms with Gasteiger partial charge in [-0.05, 0) is 37.5 Å². The maximum absolute atomic E-state index is 10.2. The Morgan fingerprint density at radius 3 is 2.37 bits per heavy atom. The summed E-state index contributed by atoms with van der Waals surface area (Å²) in [5, 5.41) is 10.2. The molecule has 1 atom stereocenters. The summed E-state index contributed by atoms with van der Waals surface area (Å²) >= 11 is 0. The van der Waals surface area contributed by atoms with Crippen LogP contribution in [0.2, 0.25) is 0 Å². The number of piperidine rings is 1. The van der Waals surface area contributed by atoms with Crippen LogP contribution in [0.1, 0.15) is 25.3 Å². The SMILES string of the molecule is COC1CCN(Cc2ccc(OCC(O)CN3CC(C)(OC)C3)cc2)CC1. The largest absolute Gasteiger partial charge is 0.491 e. The summed E-state index contributed by atoms with van der Waals surface area (Å²) in [4.78, 5) is 4.66. The third kappa shape index (κ3) is 5.90. The Hall–Kier alpha value is -1.18. The van der Waals surface area contributed by atoms with Crippen LogP contribution in [-0.4, -0.2) is 86.3 Å². The van der Waals surface area contributed by atoms with Gasteiger partial charge in [-0.1, -0.05) is 12.1 Å². The third-order valence-electron chi connectivity index (χ3n) is 5.72. The van der Waals surface area contributed by atoms with Gasteiger partial charge in [0, 0.05) is 53.5 Å². The highest BCUT2D eigenvalue weighted by Crippen LogP contribution is 2.24. The average molecular weight is 379 g/mol. The molecule has 0 saturated carbocycles. The van der Waals surface area contributed by atoms with Gasteiger partial charge in [-0.2, -0.15) is 0 Å². The van der Waals surface area contributed by atoms with E-state index < -0.39 is 6.10 Å². The number of aliphatic hydroxyl groups excluding tert-OH is 1. The van der Waals surface area contributed by atoms with Crippen molar-refractivity contribution in [3.05, 3.63) is 29.8 Å². The van der Waals surface area contributed by atoms with Gasteiger partial charge in [0.25, 0.3) is 0 Å². The van der Waals surface area contributed by atoms with Crippen molar-refractivity contribution in [2.45, 2.75) is 44.1 Å². The Balaban J connectivity index is 1.35. The molecule has 2 aliphatic rings. The van der Waals surface area contributed by atoms with Crippen molar-refractivity contribution >= 4 is 0 Å². The third-order valence-corrected chi connectivity index (χ3v) is 5.72. The summed E-state index contributed by atoms with van der Waals surface area (Å²) in [5.74, 6) is 0.807. The fourth-order valence-electron chi connectivity index (χ4n) is 3.95. The molecule has 2 saturated heterocycles. The maximum atomic E-state index is 10.2. The first-order chi connectivity index (χ1) is 13.0. The van der Waals surface area contributed by atoms with Gasteiger partial charge in [0.05, 0.1) is 11.7 Å². The Labute approximate surface area is 163 Å². The number of β-amino-alcohol motifs (C(OH)–C–C–N with tert-alkyl or cyclic N) is 1. The maximum Gasteiger partial charge on any atom is 0.119 e. The van der Waals surface area contributed by atoms with Crippen molar-refractivity contribution in [1.29, 1.82) is 0 Å². The van der Waals surface area contributed by atoms with E-state index in [1.165, 1.54) is 5.56 Å². The number of benzene rings is 1. The van der Waals surface area contributed by atoms with Crippen LogP contribution in [0.15, 0.2) is 24.3 Å². The number of hydrogen-bond acceptors (Lipinski definition) is 6. The number of rotatable bonds is 9. The zero-order chi connectivity index (χ0) is 19.3. The van der Waals surface area contributed by atoms with Gasteiger partial charge in [-0.25, -0.2) is 0 Å². The van der Waals surface area contributed by atoms with E-state index in [0.29, 0.717) is 19.3 Å². The molecule has 152 valence electrons. The van der Waals surface area contributed by atoms with E-state index in [1.54, 1.807) is 14.2 Å². The number of nitrogens with zero attached hydrogens (tertiary/aromatic N) is 2. The number of hydrogen-bond donors (Lipinski definition) is 1. The summed E-state index contributed by atoms with van der Waals surface area (Å²) in [7, 11) is 3.54. The molecule has 0 aromatic heterocycles. The minimum absolute atomic E-state index is 0.0603. The molecule has 6 nitrogen and oxygen atoms in total. The molecule has 0 amide bonds. The summed E-state index contributed by atoms with van der Waals surface area (Å²) in [6, 6.07) is 8.22. The fourth-order valence-corrected chi connectivity index (χ4v) is 3.95. The molecule has 2 heterocycles. The minimum atomic E-state index is -0.492. The first-order valence-electron chi connectivity index (χ1n) is 9.92. The number of likely N-dealkylation sites (tertiary alicyclic amines) is 2. The molecule has 0 radical (unpaired) electrons. The molecule has 3 rings (SSSR count). The Bertz CT molecular complexity index is 566. The van der Waals surface area contributed by atoms with Crippen LogP contribution in [-0.2, 0) is 16.0 Å². The van der Waals surface area contributed by atoms with Crippen LogP contribution in [0.25, 0.3) is 0 Å². The quantitative estimate of drug-likeness (QED) is 0.707. The molecule has 6 heteroatoms. The summed E-state index contributed by atoms with van der Waals surface area (Å²) < 4.78 is 16.6. The van der Waals surface area contributed by atoms with Crippen LogP contribution in [0.4, 0.5) is 0 Å². The summed E-state index contributed by atoms with van der Waals surface area (Å²) in [5.41, 5.74) is 1.23. The lowest BCUT2D eigenvalue weighted by molar-refractivity contribution is -0.121. The van der Waals surface area contributed by atoms with Gasteiger partial charge in [0.1, 0.15) is 18.5 Å². The first-order valence-corrected chi connectivity index (χ1v) is 9.92. The van der Waals surface area contributed by atoms with Crippen molar-refractivity contribution in [2.75, 3.05) is 53.6 Å². The van der Waals surface area contributed by atoms with Crippen molar-refractivity contribution in [3.8, 4) is 5.75 Å². The molecule has 2 fully saturated rings. The Kier molecular flexibility index (Phi) is 7.11. The normalized spacial score (nSPS) is 22.4. The molecular formula is C21H34N2O4. The Morgan fingerprint density at radius 2 is 1.78 bits per heavy atom. The summed E-state index contributed by atoms with van der Waals surface area (Å²) in [6.45, 7) is 7.87. The second-order valence-electron chi connectivity index (χ2n) is 8.14. The predicted molar refractivity (Wildman–Crippen MR) is 105 cm³/mol. The number of aliphatic hydroxyl groups is 1. The van der Waals surface area contributed by atoms with E-state index in [0.717, 1.165) is 51.3 Å². The zero-order valence-corrected chi connectivity index (χ0v) is 16.9. The molecule has 0 spiro atoms.